The fraction of sp³-hybridized carbons (Fsp3) is 0.300. The largest absolute Gasteiger partial charge is 0.458 e. The highest BCUT2D eigenvalue weighted by Gasteiger charge is 2.47. The summed E-state index contributed by atoms with van der Waals surface area (Å²) in [5.74, 6) is -4.51. The molecule has 0 unspecified atom stereocenters. The minimum Gasteiger partial charge on any atom is -0.458 e. The standard InChI is InChI=1S/C40H38N2O8/c1-39(2,3)49-37(47)29(21-23-13-9-7-10-14-23)41-33(43)25-17-19-27-32-28(20-18-26(31(25)32)34(41)44)36(46)42(35(27)45)30(38(48)50-40(4,5)6)22-24-15-11-8-12-16-24/h7-20,29-30H,21-22H2,1-6H3/t29-,30-/m0/s1. The minimum atomic E-state index is -1.29. The summed E-state index contributed by atoms with van der Waals surface area (Å²) in [6.45, 7) is 10.2. The highest BCUT2D eigenvalue weighted by atomic mass is 16.6. The van der Waals surface area contributed by atoms with Crippen molar-refractivity contribution in [1.29, 1.82) is 0 Å². The molecule has 0 N–H and O–H groups in total. The third-order valence-corrected chi connectivity index (χ3v) is 8.48. The van der Waals surface area contributed by atoms with Crippen LogP contribution in [0.25, 0.3) is 10.8 Å². The van der Waals surface area contributed by atoms with Gasteiger partial charge in [-0.15, -0.1) is 0 Å². The lowest BCUT2D eigenvalue weighted by Gasteiger charge is -2.37. The van der Waals surface area contributed by atoms with E-state index < -0.39 is 58.9 Å². The lowest BCUT2D eigenvalue weighted by atomic mass is 9.84. The summed E-state index contributed by atoms with van der Waals surface area (Å²) in [6.07, 6.45) is 0.0303. The van der Waals surface area contributed by atoms with Crippen molar-refractivity contribution in [2.75, 3.05) is 0 Å². The summed E-state index contributed by atoms with van der Waals surface area (Å²) < 4.78 is 11.4. The van der Waals surface area contributed by atoms with Crippen LogP contribution in [0.15, 0.2) is 84.9 Å². The van der Waals surface area contributed by atoms with Gasteiger partial charge in [-0.05, 0) is 76.9 Å². The van der Waals surface area contributed by atoms with Crippen LogP contribution in [0, 0.1) is 0 Å². The molecule has 0 radical (unpaired) electrons. The third kappa shape index (κ3) is 6.41. The second-order valence-electron chi connectivity index (χ2n) is 14.5. The van der Waals surface area contributed by atoms with Crippen LogP contribution in [-0.4, -0.2) is 68.7 Å². The summed E-state index contributed by atoms with van der Waals surface area (Å²) in [5, 5.41) is 0.291. The average molecular weight is 675 g/mol. The molecule has 0 aromatic heterocycles. The maximum atomic E-state index is 14.3. The number of benzene rings is 4. The van der Waals surface area contributed by atoms with Crippen LogP contribution in [0.3, 0.4) is 0 Å². The van der Waals surface area contributed by atoms with E-state index >= 15 is 0 Å². The van der Waals surface area contributed by atoms with Gasteiger partial charge in [-0.3, -0.25) is 29.0 Å². The Balaban J connectivity index is 1.44. The lowest BCUT2D eigenvalue weighted by molar-refractivity contribution is -0.160. The molecule has 10 nitrogen and oxygen atoms in total. The van der Waals surface area contributed by atoms with E-state index in [9.17, 15) is 28.8 Å². The number of hydrogen-bond donors (Lipinski definition) is 0. The van der Waals surface area contributed by atoms with Crippen molar-refractivity contribution < 1.29 is 38.2 Å². The first-order valence-electron chi connectivity index (χ1n) is 16.4. The molecule has 0 spiro atoms. The lowest BCUT2D eigenvalue weighted by Crippen LogP contribution is -2.54. The Bertz CT molecular complexity index is 1840. The van der Waals surface area contributed by atoms with Gasteiger partial charge in [0.15, 0.2) is 0 Å². The number of esters is 2. The van der Waals surface area contributed by atoms with Gasteiger partial charge in [0.2, 0.25) is 0 Å². The van der Waals surface area contributed by atoms with Crippen LogP contribution in [-0.2, 0) is 31.9 Å². The Morgan fingerprint density at radius 2 is 0.780 bits per heavy atom. The summed E-state index contributed by atoms with van der Waals surface area (Å²) in [6, 6.07) is 21.1. The van der Waals surface area contributed by atoms with E-state index in [0.29, 0.717) is 11.1 Å². The molecular formula is C40H38N2O8. The molecule has 256 valence electrons. The Morgan fingerprint density at radius 1 is 0.500 bits per heavy atom. The average Bonchev–Trinajstić information content (AvgIpc) is 3.04. The highest BCUT2D eigenvalue weighted by Crippen LogP contribution is 2.39. The minimum absolute atomic E-state index is 0.0152. The molecular weight excluding hydrogens is 636 g/mol. The molecule has 2 heterocycles. The van der Waals surface area contributed by atoms with Gasteiger partial charge in [0.1, 0.15) is 23.3 Å². The molecule has 0 aliphatic carbocycles. The number of carbonyl (C=O) groups excluding carboxylic acids is 6. The Kier molecular flexibility index (Phi) is 8.67. The monoisotopic (exact) mass is 674 g/mol. The maximum Gasteiger partial charge on any atom is 0.330 e. The van der Waals surface area contributed by atoms with Gasteiger partial charge < -0.3 is 9.47 Å². The summed E-state index contributed by atoms with van der Waals surface area (Å²) in [5.41, 5.74) is -0.119. The Labute approximate surface area is 290 Å². The van der Waals surface area contributed by atoms with Gasteiger partial charge in [-0.25, -0.2) is 9.59 Å². The van der Waals surface area contributed by atoms with E-state index in [1.807, 2.05) is 12.1 Å². The van der Waals surface area contributed by atoms with E-state index in [0.717, 1.165) is 9.80 Å². The van der Waals surface area contributed by atoms with Crippen molar-refractivity contribution in [2.45, 2.75) is 77.7 Å². The maximum absolute atomic E-state index is 14.3. The topological polar surface area (TPSA) is 127 Å². The van der Waals surface area contributed by atoms with Crippen molar-refractivity contribution in [2.24, 2.45) is 0 Å². The van der Waals surface area contributed by atoms with E-state index in [2.05, 4.69) is 0 Å². The van der Waals surface area contributed by atoms with Crippen LogP contribution < -0.4 is 0 Å². The van der Waals surface area contributed by atoms with Crippen LogP contribution in [0.5, 0.6) is 0 Å². The molecule has 0 fully saturated rings. The van der Waals surface area contributed by atoms with E-state index in [1.54, 1.807) is 90.1 Å². The first-order valence-corrected chi connectivity index (χ1v) is 16.4. The summed E-state index contributed by atoms with van der Waals surface area (Å²) in [4.78, 5) is 86.1. The molecule has 4 aromatic rings. The zero-order valence-electron chi connectivity index (χ0n) is 28.8. The molecule has 0 saturated heterocycles. The van der Waals surface area contributed by atoms with Gasteiger partial charge in [0.05, 0.1) is 0 Å². The van der Waals surface area contributed by atoms with Gasteiger partial charge in [-0.2, -0.15) is 0 Å². The summed E-state index contributed by atoms with van der Waals surface area (Å²) >= 11 is 0. The number of ether oxygens (including phenoxy) is 2. The fourth-order valence-corrected chi connectivity index (χ4v) is 6.45. The second-order valence-corrected chi connectivity index (χ2v) is 14.5. The predicted molar refractivity (Wildman–Crippen MR) is 185 cm³/mol. The molecule has 2 aliphatic rings. The van der Waals surface area contributed by atoms with Gasteiger partial charge in [0, 0.05) is 45.9 Å². The second kappa shape index (κ2) is 12.7. The molecule has 2 atom stereocenters. The third-order valence-electron chi connectivity index (χ3n) is 8.48. The van der Waals surface area contributed by atoms with Crippen molar-refractivity contribution in [3.8, 4) is 0 Å². The normalized spacial score (nSPS) is 15.6. The molecule has 0 saturated carbocycles. The van der Waals surface area contributed by atoms with Crippen LogP contribution in [0.1, 0.15) is 94.1 Å². The van der Waals surface area contributed by atoms with Crippen molar-refractivity contribution in [3.63, 3.8) is 0 Å². The van der Waals surface area contributed by atoms with Crippen LogP contribution in [0.4, 0.5) is 0 Å². The van der Waals surface area contributed by atoms with Crippen molar-refractivity contribution in [3.05, 3.63) is 118 Å². The first-order chi connectivity index (χ1) is 23.6. The van der Waals surface area contributed by atoms with Crippen molar-refractivity contribution >= 4 is 46.3 Å². The number of amides is 4. The Hall–Kier alpha value is -5.64. The fourth-order valence-electron chi connectivity index (χ4n) is 6.45. The van der Waals surface area contributed by atoms with Crippen molar-refractivity contribution in [1.82, 2.24) is 9.80 Å². The molecule has 4 amide bonds. The van der Waals surface area contributed by atoms with Crippen LogP contribution in [0.2, 0.25) is 0 Å². The number of carbonyl (C=O) groups is 6. The van der Waals surface area contributed by atoms with Gasteiger partial charge in [-0.1, -0.05) is 60.7 Å². The quantitative estimate of drug-likeness (QED) is 0.166. The van der Waals surface area contributed by atoms with Crippen LogP contribution >= 0.6 is 0 Å². The number of imide groups is 2. The number of hydrogen-bond acceptors (Lipinski definition) is 8. The number of rotatable bonds is 8. The SMILES string of the molecule is CC(C)(C)OC(=O)[C@H](Cc1ccccc1)N1C(=O)c2ccc3c4c(ccc(c24)C1=O)C(=O)N([C@@H](Cc1ccccc1)C(=O)OC(C)(C)C)C3=O. The zero-order chi connectivity index (χ0) is 36.1. The highest BCUT2D eigenvalue weighted by molar-refractivity contribution is 6.34. The molecule has 2 aliphatic heterocycles. The molecule has 10 heteroatoms. The zero-order valence-corrected chi connectivity index (χ0v) is 28.8. The smallest absolute Gasteiger partial charge is 0.330 e. The molecule has 6 rings (SSSR count). The predicted octanol–water partition coefficient (Wildman–Crippen LogP) is 5.94. The van der Waals surface area contributed by atoms with E-state index in [4.69, 9.17) is 9.47 Å². The van der Waals surface area contributed by atoms with E-state index in [-0.39, 0.29) is 45.9 Å². The first kappa shape index (κ1) is 34.2. The molecule has 4 aromatic carbocycles. The molecule has 0 bridgehead atoms. The van der Waals surface area contributed by atoms with E-state index in [1.165, 1.54) is 24.3 Å². The van der Waals surface area contributed by atoms with Gasteiger partial charge in [0.25, 0.3) is 23.6 Å². The van der Waals surface area contributed by atoms with Gasteiger partial charge >= 0.3 is 11.9 Å². The number of nitrogens with zero attached hydrogens (tertiary/aromatic N) is 2. The summed E-state index contributed by atoms with van der Waals surface area (Å²) in [7, 11) is 0. The Morgan fingerprint density at radius 3 is 1.04 bits per heavy atom. The molecule has 50 heavy (non-hydrogen) atoms.